The Morgan fingerprint density at radius 2 is 1.74 bits per heavy atom. The molecule has 0 amide bonds. The summed E-state index contributed by atoms with van der Waals surface area (Å²) in [5.41, 5.74) is 3.47. The normalized spacial score (nSPS) is 10.8. The number of aromatic nitrogens is 1. The van der Waals surface area contributed by atoms with Gasteiger partial charge < -0.3 is 4.98 Å². The zero-order valence-electron chi connectivity index (χ0n) is 10.4. The summed E-state index contributed by atoms with van der Waals surface area (Å²) in [5.74, 6) is 0. The lowest BCUT2D eigenvalue weighted by molar-refractivity contribution is 1.30. The number of fused-ring (bicyclic) bond motifs is 1. The largest absolute Gasteiger partial charge is 0.321 e. The molecule has 0 saturated carbocycles. The van der Waals surface area contributed by atoms with Crippen molar-refractivity contribution in [2.24, 2.45) is 0 Å². The van der Waals surface area contributed by atoms with Crippen LogP contribution in [0.5, 0.6) is 0 Å². The topological polar surface area (TPSA) is 32.9 Å². The standard InChI is InChI=1S/C16H12ClNO/c1-10-2-7-15-12(8-10)9-14(16(19)18-15)11-3-5-13(17)6-4-11/h2-9H,1H3,(H,18,19). The number of hydrogen-bond acceptors (Lipinski definition) is 1. The molecule has 0 saturated heterocycles. The van der Waals surface area contributed by atoms with Crippen molar-refractivity contribution in [3.8, 4) is 11.1 Å². The van der Waals surface area contributed by atoms with Crippen molar-refractivity contribution in [1.29, 1.82) is 0 Å². The Hall–Kier alpha value is -2.06. The maximum Gasteiger partial charge on any atom is 0.256 e. The highest BCUT2D eigenvalue weighted by Crippen LogP contribution is 2.22. The van der Waals surface area contributed by atoms with Crippen molar-refractivity contribution < 1.29 is 0 Å². The molecule has 94 valence electrons. The van der Waals surface area contributed by atoms with Gasteiger partial charge in [-0.15, -0.1) is 0 Å². The molecule has 2 nitrogen and oxygen atoms in total. The van der Waals surface area contributed by atoms with E-state index in [9.17, 15) is 4.79 Å². The summed E-state index contributed by atoms with van der Waals surface area (Å²) in [6, 6.07) is 15.2. The third-order valence-corrected chi connectivity index (χ3v) is 3.41. The molecule has 0 aliphatic carbocycles. The van der Waals surface area contributed by atoms with Crippen LogP contribution in [-0.4, -0.2) is 4.98 Å². The van der Waals surface area contributed by atoms with Crippen molar-refractivity contribution >= 4 is 22.5 Å². The Kier molecular flexibility index (Phi) is 2.88. The van der Waals surface area contributed by atoms with Gasteiger partial charge in [0.05, 0.1) is 0 Å². The van der Waals surface area contributed by atoms with Crippen molar-refractivity contribution in [3.63, 3.8) is 0 Å². The Balaban J connectivity index is 2.26. The number of nitrogens with one attached hydrogen (secondary N) is 1. The minimum absolute atomic E-state index is 0.0846. The second-order valence-corrected chi connectivity index (χ2v) is 5.05. The minimum atomic E-state index is -0.0846. The Bertz CT molecular complexity index is 803. The molecule has 0 aliphatic heterocycles. The summed E-state index contributed by atoms with van der Waals surface area (Å²) in [7, 11) is 0. The van der Waals surface area contributed by atoms with Crippen LogP contribution >= 0.6 is 11.6 Å². The highest BCUT2D eigenvalue weighted by Gasteiger charge is 2.05. The molecule has 3 heteroatoms. The molecule has 1 N–H and O–H groups in total. The fourth-order valence-corrected chi connectivity index (χ4v) is 2.30. The van der Waals surface area contributed by atoms with E-state index in [1.807, 2.05) is 37.3 Å². The predicted molar refractivity (Wildman–Crippen MR) is 79.8 cm³/mol. The number of pyridine rings is 1. The first-order chi connectivity index (χ1) is 9.13. The molecule has 0 radical (unpaired) electrons. The second kappa shape index (κ2) is 4.56. The number of benzene rings is 2. The summed E-state index contributed by atoms with van der Waals surface area (Å²) >= 11 is 5.87. The lowest BCUT2D eigenvalue weighted by Gasteiger charge is -2.04. The summed E-state index contributed by atoms with van der Waals surface area (Å²) in [4.78, 5) is 15.0. The van der Waals surface area contributed by atoms with E-state index in [0.717, 1.165) is 16.5 Å². The summed E-state index contributed by atoms with van der Waals surface area (Å²) in [6.45, 7) is 2.03. The Morgan fingerprint density at radius 3 is 2.47 bits per heavy atom. The van der Waals surface area contributed by atoms with Gasteiger partial charge in [-0.05, 0) is 48.2 Å². The zero-order valence-corrected chi connectivity index (χ0v) is 11.2. The highest BCUT2D eigenvalue weighted by atomic mass is 35.5. The molecule has 0 atom stereocenters. The second-order valence-electron chi connectivity index (χ2n) is 4.61. The van der Waals surface area contributed by atoms with Gasteiger partial charge in [0.25, 0.3) is 5.56 Å². The maximum absolute atomic E-state index is 12.1. The quantitative estimate of drug-likeness (QED) is 0.707. The molecule has 19 heavy (non-hydrogen) atoms. The van der Waals surface area contributed by atoms with Crippen LogP contribution in [0.15, 0.2) is 53.3 Å². The first kappa shape index (κ1) is 12.0. The molecular weight excluding hydrogens is 258 g/mol. The molecule has 0 aliphatic rings. The van der Waals surface area contributed by atoms with Crippen molar-refractivity contribution in [1.82, 2.24) is 4.98 Å². The Morgan fingerprint density at radius 1 is 1.00 bits per heavy atom. The summed E-state index contributed by atoms with van der Waals surface area (Å²) in [5, 5.41) is 1.70. The van der Waals surface area contributed by atoms with Gasteiger partial charge in [0, 0.05) is 16.1 Å². The van der Waals surface area contributed by atoms with Crippen LogP contribution in [0.1, 0.15) is 5.56 Å². The van der Waals surface area contributed by atoms with Crippen molar-refractivity contribution in [3.05, 3.63) is 69.5 Å². The van der Waals surface area contributed by atoms with Crippen LogP contribution < -0.4 is 5.56 Å². The van der Waals surface area contributed by atoms with E-state index in [2.05, 4.69) is 11.1 Å². The molecule has 0 fully saturated rings. The monoisotopic (exact) mass is 269 g/mol. The number of aryl methyl sites for hydroxylation is 1. The van der Waals surface area contributed by atoms with E-state index in [4.69, 9.17) is 11.6 Å². The molecular formula is C16H12ClNO. The molecule has 0 unspecified atom stereocenters. The van der Waals surface area contributed by atoms with Gasteiger partial charge in [0.2, 0.25) is 0 Å². The van der Waals surface area contributed by atoms with E-state index in [1.165, 1.54) is 5.56 Å². The van der Waals surface area contributed by atoms with Crippen LogP contribution in [-0.2, 0) is 0 Å². The molecule has 0 spiro atoms. The van der Waals surface area contributed by atoms with E-state index in [1.54, 1.807) is 12.1 Å². The minimum Gasteiger partial charge on any atom is -0.321 e. The van der Waals surface area contributed by atoms with Gasteiger partial charge >= 0.3 is 0 Å². The number of aromatic amines is 1. The van der Waals surface area contributed by atoms with Crippen LogP contribution in [0.3, 0.4) is 0 Å². The maximum atomic E-state index is 12.1. The van der Waals surface area contributed by atoms with E-state index >= 15 is 0 Å². The molecule has 1 aromatic heterocycles. The lowest BCUT2D eigenvalue weighted by atomic mass is 10.0. The van der Waals surface area contributed by atoms with Crippen LogP contribution in [0.4, 0.5) is 0 Å². The molecule has 3 aromatic rings. The van der Waals surface area contributed by atoms with Gasteiger partial charge in [0.1, 0.15) is 0 Å². The SMILES string of the molecule is Cc1ccc2[nH]c(=O)c(-c3ccc(Cl)cc3)cc2c1. The third kappa shape index (κ3) is 2.27. The average Bonchev–Trinajstić information content (AvgIpc) is 2.40. The molecule has 2 aromatic carbocycles. The fourth-order valence-electron chi connectivity index (χ4n) is 2.17. The highest BCUT2D eigenvalue weighted by molar-refractivity contribution is 6.30. The van der Waals surface area contributed by atoms with Crippen molar-refractivity contribution in [2.45, 2.75) is 6.92 Å². The van der Waals surface area contributed by atoms with Gasteiger partial charge in [0.15, 0.2) is 0 Å². The van der Waals surface area contributed by atoms with E-state index in [-0.39, 0.29) is 5.56 Å². The van der Waals surface area contributed by atoms with Crippen LogP contribution in [0, 0.1) is 6.92 Å². The first-order valence-corrected chi connectivity index (χ1v) is 6.41. The van der Waals surface area contributed by atoms with Gasteiger partial charge in [-0.3, -0.25) is 4.79 Å². The lowest BCUT2D eigenvalue weighted by Crippen LogP contribution is -2.08. The number of H-pyrrole nitrogens is 1. The van der Waals surface area contributed by atoms with Crippen molar-refractivity contribution in [2.75, 3.05) is 0 Å². The Labute approximate surface area is 115 Å². The number of hydrogen-bond donors (Lipinski definition) is 1. The summed E-state index contributed by atoms with van der Waals surface area (Å²) < 4.78 is 0. The predicted octanol–water partition coefficient (Wildman–Crippen LogP) is 4.16. The fraction of sp³-hybridized carbons (Fsp3) is 0.0625. The number of rotatable bonds is 1. The number of halogens is 1. The molecule has 3 rings (SSSR count). The summed E-state index contributed by atoms with van der Waals surface area (Å²) in [6.07, 6.45) is 0. The van der Waals surface area contributed by atoms with Gasteiger partial charge in [-0.25, -0.2) is 0 Å². The zero-order chi connectivity index (χ0) is 13.4. The smallest absolute Gasteiger partial charge is 0.256 e. The average molecular weight is 270 g/mol. The first-order valence-electron chi connectivity index (χ1n) is 6.03. The van der Waals surface area contributed by atoms with Gasteiger partial charge in [-0.2, -0.15) is 0 Å². The van der Waals surface area contributed by atoms with Crippen LogP contribution in [0.25, 0.3) is 22.0 Å². The van der Waals surface area contributed by atoms with Gasteiger partial charge in [-0.1, -0.05) is 35.4 Å². The molecule has 1 heterocycles. The van der Waals surface area contributed by atoms with E-state index in [0.29, 0.717) is 10.6 Å². The third-order valence-electron chi connectivity index (χ3n) is 3.15. The molecule has 0 bridgehead atoms. The van der Waals surface area contributed by atoms with E-state index < -0.39 is 0 Å². The van der Waals surface area contributed by atoms with Crippen LogP contribution in [0.2, 0.25) is 5.02 Å².